The van der Waals surface area contributed by atoms with Gasteiger partial charge in [0, 0.05) is 11.8 Å². The van der Waals surface area contributed by atoms with Crippen LogP contribution in [0.2, 0.25) is 0 Å². The highest BCUT2D eigenvalue weighted by Crippen LogP contribution is 2.29. The highest BCUT2D eigenvalue weighted by Gasteiger charge is 2.39. The second-order valence-corrected chi connectivity index (χ2v) is 7.48. The van der Waals surface area contributed by atoms with Crippen LogP contribution in [0.5, 0.6) is 0 Å². The molecule has 1 aliphatic heterocycles. The Kier molecular flexibility index (Phi) is 5.71. The quantitative estimate of drug-likeness (QED) is 0.875. The summed E-state index contributed by atoms with van der Waals surface area (Å²) >= 11 is 1.80. The summed E-state index contributed by atoms with van der Waals surface area (Å²) in [6.07, 6.45) is 3.01. The van der Waals surface area contributed by atoms with Gasteiger partial charge in [0.15, 0.2) is 0 Å². The van der Waals surface area contributed by atoms with E-state index in [0.29, 0.717) is 11.2 Å². The number of benzene rings is 1. The first-order valence-electron chi connectivity index (χ1n) is 7.67. The molecule has 1 heterocycles. The van der Waals surface area contributed by atoms with Crippen molar-refractivity contribution < 1.29 is 4.79 Å². The molecule has 116 valence electrons. The molecule has 1 aromatic rings. The minimum Gasteiger partial charge on any atom is -0.320 e. The fourth-order valence-corrected chi connectivity index (χ4v) is 3.09. The van der Waals surface area contributed by atoms with E-state index in [0.717, 1.165) is 13.0 Å². The van der Waals surface area contributed by atoms with Crippen molar-refractivity contribution in [1.82, 2.24) is 10.2 Å². The number of carbonyl (C=O) groups excluding carboxylic acids is 1. The minimum absolute atomic E-state index is 0.0112. The van der Waals surface area contributed by atoms with Gasteiger partial charge in [0.05, 0.1) is 6.04 Å². The normalized spacial score (nSPS) is 23.9. The predicted molar refractivity (Wildman–Crippen MR) is 90.3 cm³/mol. The Morgan fingerprint density at radius 3 is 2.48 bits per heavy atom. The molecule has 0 aromatic heterocycles. The third-order valence-electron chi connectivity index (χ3n) is 3.93. The van der Waals surface area contributed by atoms with Crippen LogP contribution in [-0.4, -0.2) is 34.9 Å². The number of amides is 1. The second-order valence-electron chi connectivity index (χ2n) is 6.20. The van der Waals surface area contributed by atoms with Crippen molar-refractivity contribution in [2.75, 3.05) is 12.8 Å². The molecule has 3 atom stereocenters. The maximum atomic E-state index is 12.7. The first-order valence-corrected chi connectivity index (χ1v) is 8.96. The third kappa shape index (κ3) is 4.01. The lowest BCUT2D eigenvalue weighted by Gasteiger charge is -2.26. The molecule has 21 heavy (non-hydrogen) atoms. The molecule has 1 fully saturated rings. The fraction of sp³-hybridized carbons (Fsp3) is 0.588. The van der Waals surface area contributed by atoms with Crippen LogP contribution >= 0.6 is 11.8 Å². The van der Waals surface area contributed by atoms with E-state index in [2.05, 4.69) is 44.5 Å². The van der Waals surface area contributed by atoms with Gasteiger partial charge in [-0.3, -0.25) is 10.1 Å². The van der Waals surface area contributed by atoms with E-state index in [1.807, 2.05) is 23.1 Å². The van der Waals surface area contributed by atoms with E-state index in [-0.39, 0.29) is 18.1 Å². The predicted octanol–water partition coefficient (Wildman–Crippen LogP) is 3.28. The van der Waals surface area contributed by atoms with Gasteiger partial charge in [-0.2, -0.15) is 11.8 Å². The van der Waals surface area contributed by atoms with Gasteiger partial charge in [-0.25, -0.2) is 0 Å². The number of nitrogens with zero attached hydrogens (tertiary/aromatic N) is 1. The van der Waals surface area contributed by atoms with Gasteiger partial charge in [0.1, 0.15) is 6.17 Å². The molecule has 1 saturated heterocycles. The Morgan fingerprint density at radius 1 is 1.24 bits per heavy atom. The van der Waals surface area contributed by atoms with Gasteiger partial charge in [-0.1, -0.05) is 51.1 Å². The van der Waals surface area contributed by atoms with Crippen molar-refractivity contribution in [3.8, 4) is 0 Å². The van der Waals surface area contributed by atoms with Crippen LogP contribution in [0, 0.1) is 5.92 Å². The molecular formula is C17H26N2OS. The first kappa shape index (κ1) is 16.4. The van der Waals surface area contributed by atoms with E-state index in [1.54, 1.807) is 11.8 Å². The van der Waals surface area contributed by atoms with Gasteiger partial charge in [-0.15, -0.1) is 0 Å². The molecule has 1 aliphatic rings. The Balaban J connectivity index is 2.21. The molecule has 0 bridgehead atoms. The van der Waals surface area contributed by atoms with Crippen LogP contribution in [0.1, 0.15) is 38.9 Å². The molecule has 0 spiro atoms. The van der Waals surface area contributed by atoms with Crippen LogP contribution < -0.4 is 5.32 Å². The van der Waals surface area contributed by atoms with Gasteiger partial charge in [0.25, 0.3) is 0 Å². The number of carbonyl (C=O) groups is 1. The minimum atomic E-state index is -0.0516. The van der Waals surface area contributed by atoms with Crippen LogP contribution in [0.15, 0.2) is 30.3 Å². The summed E-state index contributed by atoms with van der Waals surface area (Å²) in [5.74, 6) is 0.763. The van der Waals surface area contributed by atoms with Crippen molar-refractivity contribution in [1.29, 1.82) is 0 Å². The number of thioether (sulfide) groups is 1. The molecule has 2 rings (SSSR count). The maximum absolute atomic E-state index is 12.7. The molecule has 3 unspecified atom stereocenters. The highest BCUT2D eigenvalue weighted by atomic mass is 32.2. The summed E-state index contributed by atoms with van der Waals surface area (Å²) < 4.78 is 0. The van der Waals surface area contributed by atoms with E-state index < -0.39 is 0 Å². The lowest BCUT2D eigenvalue weighted by atomic mass is 10.0. The van der Waals surface area contributed by atoms with Crippen molar-refractivity contribution in [3.05, 3.63) is 35.9 Å². The van der Waals surface area contributed by atoms with Crippen molar-refractivity contribution in [2.45, 2.75) is 44.6 Å². The zero-order valence-corrected chi connectivity index (χ0v) is 14.2. The standard InChI is InChI=1S/C17H26N2OS/c1-12(2)10-15-17(20)19(11-13(3)21-4)16(18-15)14-8-6-5-7-9-14/h5-9,12-13,15-16,18H,10-11H2,1-4H3. The van der Waals surface area contributed by atoms with E-state index in [1.165, 1.54) is 5.56 Å². The zero-order chi connectivity index (χ0) is 15.4. The van der Waals surface area contributed by atoms with Crippen molar-refractivity contribution in [2.24, 2.45) is 5.92 Å². The number of nitrogens with one attached hydrogen (secondary N) is 1. The van der Waals surface area contributed by atoms with E-state index in [4.69, 9.17) is 0 Å². The van der Waals surface area contributed by atoms with Crippen molar-refractivity contribution >= 4 is 17.7 Å². The molecule has 1 amide bonds. The Hall–Kier alpha value is -1.00. The van der Waals surface area contributed by atoms with Crippen LogP contribution in [0.4, 0.5) is 0 Å². The molecule has 1 N–H and O–H groups in total. The topological polar surface area (TPSA) is 32.3 Å². The maximum Gasteiger partial charge on any atom is 0.241 e. The third-order valence-corrected chi connectivity index (χ3v) is 4.88. The summed E-state index contributed by atoms with van der Waals surface area (Å²) in [7, 11) is 0. The molecule has 0 saturated carbocycles. The molecule has 0 aliphatic carbocycles. The molecule has 1 aromatic carbocycles. The van der Waals surface area contributed by atoms with E-state index >= 15 is 0 Å². The van der Waals surface area contributed by atoms with Crippen LogP contribution in [0.3, 0.4) is 0 Å². The zero-order valence-electron chi connectivity index (χ0n) is 13.4. The first-order chi connectivity index (χ1) is 10.0. The molecule has 4 heteroatoms. The van der Waals surface area contributed by atoms with Gasteiger partial charge in [0.2, 0.25) is 5.91 Å². The summed E-state index contributed by atoms with van der Waals surface area (Å²) in [6, 6.07) is 10.2. The fourth-order valence-electron chi connectivity index (χ4n) is 2.78. The lowest BCUT2D eigenvalue weighted by molar-refractivity contribution is -0.130. The number of hydrogen-bond donors (Lipinski definition) is 1. The van der Waals surface area contributed by atoms with Gasteiger partial charge in [-0.05, 0) is 24.2 Å². The lowest BCUT2D eigenvalue weighted by Crippen LogP contribution is -2.35. The summed E-state index contributed by atoms with van der Waals surface area (Å²) in [5.41, 5.74) is 1.17. The average molecular weight is 306 g/mol. The van der Waals surface area contributed by atoms with Crippen LogP contribution in [0.25, 0.3) is 0 Å². The SMILES string of the molecule is CSC(C)CN1C(=O)C(CC(C)C)NC1c1ccccc1. The highest BCUT2D eigenvalue weighted by molar-refractivity contribution is 7.99. The smallest absolute Gasteiger partial charge is 0.241 e. The van der Waals surface area contributed by atoms with Gasteiger partial charge < -0.3 is 4.90 Å². The monoisotopic (exact) mass is 306 g/mol. The Labute approximate surface area is 132 Å². The summed E-state index contributed by atoms with van der Waals surface area (Å²) in [6.45, 7) is 7.30. The number of rotatable bonds is 6. The summed E-state index contributed by atoms with van der Waals surface area (Å²) in [5, 5.41) is 3.98. The summed E-state index contributed by atoms with van der Waals surface area (Å²) in [4.78, 5) is 14.7. The second kappa shape index (κ2) is 7.32. The van der Waals surface area contributed by atoms with Gasteiger partial charge >= 0.3 is 0 Å². The molecular weight excluding hydrogens is 280 g/mol. The Bertz CT molecular complexity index is 463. The average Bonchev–Trinajstić information content (AvgIpc) is 2.76. The molecule has 3 nitrogen and oxygen atoms in total. The van der Waals surface area contributed by atoms with Crippen LogP contribution in [-0.2, 0) is 4.79 Å². The Morgan fingerprint density at radius 2 is 1.90 bits per heavy atom. The largest absolute Gasteiger partial charge is 0.320 e. The van der Waals surface area contributed by atoms with Crippen molar-refractivity contribution in [3.63, 3.8) is 0 Å². The molecule has 0 radical (unpaired) electrons. The van der Waals surface area contributed by atoms with E-state index in [9.17, 15) is 4.79 Å². The number of hydrogen-bond acceptors (Lipinski definition) is 3.